The van der Waals surface area contributed by atoms with Crippen LogP contribution < -0.4 is 0 Å². The summed E-state index contributed by atoms with van der Waals surface area (Å²) in [6.07, 6.45) is 3.84. The number of rotatable bonds is 5. The van der Waals surface area contributed by atoms with Crippen molar-refractivity contribution >= 4 is 5.97 Å². The standard InChI is InChI=1S/C18H25NO4/c1-19-14-7-8-15(19)10-16(9-14)23-17(22)18(11-20,12-21)13-5-3-2-4-6-13/h2-6,14-16,20-21H,7-12H2,1H3/t14-,15+,16+. The molecule has 2 N–H and O–H groups in total. The molecule has 5 heteroatoms. The van der Waals surface area contributed by atoms with E-state index in [0.717, 1.165) is 25.7 Å². The molecule has 0 radical (unpaired) electrons. The molecule has 2 heterocycles. The summed E-state index contributed by atoms with van der Waals surface area (Å²) in [5.41, 5.74) is -0.796. The van der Waals surface area contributed by atoms with Gasteiger partial charge >= 0.3 is 5.97 Å². The van der Waals surface area contributed by atoms with Crippen LogP contribution in [0.5, 0.6) is 0 Å². The highest BCUT2D eigenvalue weighted by molar-refractivity contribution is 5.83. The molecule has 5 nitrogen and oxygen atoms in total. The van der Waals surface area contributed by atoms with Crippen LogP contribution in [-0.2, 0) is 14.9 Å². The fraction of sp³-hybridized carbons (Fsp3) is 0.611. The van der Waals surface area contributed by atoms with Gasteiger partial charge in [-0.15, -0.1) is 0 Å². The molecule has 1 aromatic rings. The van der Waals surface area contributed by atoms with Crippen LogP contribution in [0.25, 0.3) is 0 Å². The lowest BCUT2D eigenvalue weighted by molar-refractivity contribution is -0.163. The third-order valence-corrected chi connectivity index (χ3v) is 5.59. The Morgan fingerprint density at radius 3 is 2.26 bits per heavy atom. The van der Waals surface area contributed by atoms with E-state index in [2.05, 4.69) is 11.9 Å². The molecule has 0 unspecified atom stereocenters. The van der Waals surface area contributed by atoms with Crippen LogP contribution in [0.1, 0.15) is 31.2 Å². The highest BCUT2D eigenvalue weighted by atomic mass is 16.5. The third-order valence-electron chi connectivity index (χ3n) is 5.59. The topological polar surface area (TPSA) is 70.0 Å². The maximum absolute atomic E-state index is 12.8. The molecule has 2 fully saturated rings. The zero-order chi connectivity index (χ0) is 16.4. The highest BCUT2D eigenvalue weighted by Gasteiger charge is 2.45. The van der Waals surface area contributed by atoms with E-state index in [0.29, 0.717) is 17.6 Å². The number of esters is 1. The zero-order valence-corrected chi connectivity index (χ0v) is 13.5. The zero-order valence-electron chi connectivity index (χ0n) is 13.5. The molecule has 0 aromatic heterocycles. The number of hydrogen-bond acceptors (Lipinski definition) is 5. The number of carbonyl (C=O) groups excluding carboxylic acids is 1. The molecular formula is C18H25NO4. The van der Waals surface area contributed by atoms with E-state index >= 15 is 0 Å². The van der Waals surface area contributed by atoms with Crippen LogP contribution in [0.2, 0.25) is 0 Å². The van der Waals surface area contributed by atoms with Crippen molar-refractivity contribution in [2.45, 2.75) is 49.3 Å². The molecule has 3 atom stereocenters. The molecule has 0 spiro atoms. The van der Waals surface area contributed by atoms with Crippen LogP contribution in [0.4, 0.5) is 0 Å². The number of aliphatic hydroxyl groups excluding tert-OH is 2. The summed E-state index contributed by atoms with van der Waals surface area (Å²) in [6.45, 7) is -0.933. The summed E-state index contributed by atoms with van der Waals surface area (Å²) in [4.78, 5) is 15.1. The van der Waals surface area contributed by atoms with Gasteiger partial charge in [0.2, 0.25) is 0 Å². The van der Waals surface area contributed by atoms with Gasteiger partial charge < -0.3 is 19.8 Å². The Balaban J connectivity index is 1.75. The lowest BCUT2D eigenvalue weighted by Crippen LogP contribution is -2.49. The summed E-state index contributed by atoms with van der Waals surface area (Å²) < 4.78 is 5.74. The Morgan fingerprint density at radius 1 is 1.17 bits per heavy atom. The number of carbonyl (C=O) groups is 1. The number of aliphatic hydroxyl groups is 2. The molecule has 126 valence electrons. The summed E-state index contributed by atoms with van der Waals surface area (Å²) in [7, 11) is 2.14. The molecule has 2 saturated heterocycles. The van der Waals surface area contributed by atoms with Gasteiger partial charge in [0, 0.05) is 12.1 Å². The SMILES string of the molecule is CN1[C@@H]2CC[C@H]1C[C@@H](OC(=O)C(CO)(CO)c1ccccc1)C2. The summed E-state index contributed by atoms with van der Waals surface area (Å²) in [6, 6.07) is 9.85. The van der Waals surface area contributed by atoms with Crippen molar-refractivity contribution in [2.75, 3.05) is 20.3 Å². The van der Waals surface area contributed by atoms with Gasteiger partial charge in [-0.1, -0.05) is 30.3 Å². The van der Waals surface area contributed by atoms with Crippen molar-refractivity contribution in [3.8, 4) is 0 Å². The Kier molecular flexibility index (Phi) is 4.71. The lowest BCUT2D eigenvalue weighted by atomic mass is 9.82. The molecule has 2 bridgehead atoms. The van der Waals surface area contributed by atoms with Crippen LogP contribution in [-0.4, -0.2) is 59.5 Å². The van der Waals surface area contributed by atoms with E-state index in [1.807, 2.05) is 6.07 Å². The molecular weight excluding hydrogens is 294 g/mol. The summed E-state index contributed by atoms with van der Waals surface area (Å²) in [5.74, 6) is -0.525. The first-order valence-electron chi connectivity index (χ1n) is 8.31. The van der Waals surface area contributed by atoms with E-state index in [-0.39, 0.29) is 6.10 Å². The Hall–Kier alpha value is -1.43. The Labute approximate surface area is 136 Å². The molecule has 1 aromatic carbocycles. The third kappa shape index (κ3) is 2.89. The summed E-state index contributed by atoms with van der Waals surface area (Å²) in [5, 5.41) is 19.6. The fourth-order valence-electron chi connectivity index (χ4n) is 3.96. The Bertz CT molecular complexity index is 529. The Morgan fingerprint density at radius 2 is 1.74 bits per heavy atom. The number of nitrogens with zero attached hydrogens (tertiary/aromatic N) is 1. The molecule has 3 rings (SSSR count). The molecule has 23 heavy (non-hydrogen) atoms. The van der Waals surface area contributed by atoms with Crippen molar-refractivity contribution in [3.63, 3.8) is 0 Å². The van der Waals surface area contributed by atoms with Gasteiger partial charge in [-0.3, -0.25) is 4.79 Å². The highest BCUT2D eigenvalue weighted by Crippen LogP contribution is 2.36. The smallest absolute Gasteiger partial charge is 0.321 e. The number of benzene rings is 1. The maximum atomic E-state index is 12.8. The largest absolute Gasteiger partial charge is 0.461 e. The van der Waals surface area contributed by atoms with Gasteiger partial charge in [-0.25, -0.2) is 0 Å². The minimum Gasteiger partial charge on any atom is -0.461 e. The van der Waals surface area contributed by atoms with Gasteiger partial charge in [0.25, 0.3) is 0 Å². The van der Waals surface area contributed by atoms with Crippen molar-refractivity contribution in [3.05, 3.63) is 35.9 Å². The van der Waals surface area contributed by atoms with E-state index in [1.165, 1.54) is 0 Å². The number of fused-ring (bicyclic) bond motifs is 2. The molecule has 2 aliphatic rings. The second kappa shape index (κ2) is 6.59. The van der Waals surface area contributed by atoms with Crippen LogP contribution in [0, 0.1) is 0 Å². The van der Waals surface area contributed by atoms with E-state index < -0.39 is 24.6 Å². The number of piperidine rings is 1. The van der Waals surface area contributed by atoms with E-state index in [9.17, 15) is 15.0 Å². The molecule has 0 aliphatic carbocycles. The first kappa shape index (κ1) is 16.4. The quantitative estimate of drug-likeness (QED) is 0.795. The number of ether oxygens (including phenoxy) is 1. The van der Waals surface area contributed by atoms with Gasteiger partial charge in [0.05, 0.1) is 13.2 Å². The van der Waals surface area contributed by atoms with Crippen LogP contribution in [0.3, 0.4) is 0 Å². The minimum atomic E-state index is -1.39. The van der Waals surface area contributed by atoms with Crippen LogP contribution in [0.15, 0.2) is 30.3 Å². The first-order valence-corrected chi connectivity index (χ1v) is 8.31. The fourth-order valence-corrected chi connectivity index (χ4v) is 3.96. The van der Waals surface area contributed by atoms with E-state index in [4.69, 9.17) is 4.74 Å². The predicted octanol–water partition coefficient (Wildman–Crippen LogP) is 1.08. The van der Waals surface area contributed by atoms with Gasteiger partial charge in [0.15, 0.2) is 0 Å². The molecule has 0 amide bonds. The average Bonchev–Trinajstić information content (AvgIpc) is 2.79. The maximum Gasteiger partial charge on any atom is 0.321 e. The number of hydrogen-bond donors (Lipinski definition) is 2. The van der Waals surface area contributed by atoms with Crippen molar-refractivity contribution in [1.29, 1.82) is 0 Å². The predicted molar refractivity (Wildman–Crippen MR) is 86.0 cm³/mol. The summed E-state index contributed by atoms with van der Waals surface area (Å²) >= 11 is 0. The first-order chi connectivity index (χ1) is 11.1. The normalized spacial score (nSPS) is 27.9. The molecule has 0 saturated carbocycles. The van der Waals surface area contributed by atoms with Gasteiger partial charge in [-0.05, 0) is 38.3 Å². The minimum absolute atomic E-state index is 0.127. The monoisotopic (exact) mass is 319 g/mol. The molecule has 2 aliphatic heterocycles. The van der Waals surface area contributed by atoms with Crippen molar-refractivity contribution < 1.29 is 19.7 Å². The second-order valence-electron chi connectivity index (χ2n) is 6.81. The van der Waals surface area contributed by atoms with Gasteiger partial charge in [-0.2, -0.15) is 0 Å². The van der Waals surface area contributed by atoms with Crippen molar-refractivity contribution in [2.24, 2.45) is 0 Å². The second-order valence-corrected chi connectivity index (χ2v) is 6.81. The van der Waals surface area contributed by atoms with Crippen molar-refractivity contribution in [1.82, 2.24) is 4.90 Å². The average molecular weight is 319 g/mol. The van der Waals surface area contributed by atoms with E-state index in [1.54, 1.807) is 24.3 Å². The van der Waals surface area contributed by atoms with Gasteiger partial charge in [0.1, 0.15) is 11.5 Å². The lowest BCUT2D eigenvalue weighted by Gasteiger charge is -2.37. The van der Waals surface area contributed by atoms with Crippen LogP contribution >= 0.6 is 0 Å².